The van der Waals surface area contributed by atoms with E-state index in [0.29, 0.717) is 24.7 Å². The molecule has 0 aromatic heterocycles. The minimum absolute atomic E-state index is 0.184. The van der Waals surface area contributed by atoms with E-state index >= 15 is 0 Å². The summed E-state index contributed by atoms with van der Waals surface area (Å²) in [6.07, 6.45) is 7.59. The topological polar surface area (TPSA) is 48.0 Å². The van der Waals surface area contributed by atoms with Crippen LogP contribution in [0.3, 0.4) is 0 Å². The Bertz CT molecular complexity index is 505. The molecule has 0 bridgehead atoms. The number of ether oxygens (including phenoxy) is 3. The Labute approximate surface area is 125 Å². The fraction of sp³-hybridized carbons (Fsp3) is 0.812. The highest BCUT2D eigenvalue weighted by Crippen LogP contribution is 2.58. The number of methoxy groups -OCH3 is 2. The number of rotatable bonds is 2. The van der Waals surface area contributed by atoms with Crippen molar-refractivity contribution in [3.63, 3.8) is 0 Å². The molecule has 116 valence electrons. The Morgan fingerprint density at radius 2 is 2.19 bits per heavy atom. The molecule has 4 aliphatic rings. The molecule has 0 unspecified atom stereocenters. The van der Waals surface area contributed by atoms with E-state index in [4.69, 9.17) is 14.2 Å². The summed E-state index contributed by atoms with van der Waals surface area (Å²) < 4.78 is 17.3. The molecule has 0 radical (unpaired) electrons. The van der Waals surface area contributed by atoms with Crippen LogP contribution in [-0.2, 0) is 19.0 Å². The quantitative estimate of drug-likeness (QED) is 0.729. The maximum absolute atomic E-state index is 12.5. The maximum Gasteiger partial charge on any atom is 0.223 e. The summed E-state index contributed by atoms with van der Waals surface area (Å²) in [6, 6.07) is 0. The van der Waals surface area contributed by atoms with Crippen LogP contribution in [0.2, 0.25) is 0 Å². The van der Waals surface area contributed by atoms with Gasteiger partial charge in [-0.25, -0.2) is 0 Å². The Hall–Kier alpha value is -0.910. The van der Waals surface area contributed by atoms with Gasteiger partial charge < -0.3 is 19.1 Å². The number of carbonyl (C=O) groups excluding carboxylic acids is 1. The number of hydrogen-bond acceptors (Lipinski definition) is 4. The molecule has 0 aromatic carbocycles. The van der Waals surface area contributed by atoms with Crippen LogP contribution >= 0.6 is 0 Å². The predicted octanol–water partition coefficient (Wildman–Crippen LogP) is 1.82. The number of carbonyl (C=O) groups is 1. The van der Waals surface area contributed by atoms with Crippen LogP contribution in [0.15, 0.2) is 11.6 Å². The molecule has 0 aromatic rings. The molecule has 1 spiro atoms. The molecular formula is C16H23NO4. The largest absolute Gasteiger partial charge is 0.352 e. The summed E-state index contributed by atoms with van der Waals surface area (Å²) >= 11 is 0. The average Bonchev–Trinajstić information content (AvgIpc) is 3.03. The first-order valence-electron chi connectivity index (χ1n) is 7.95. The van der Waals surface area contributed by atoms with Crippen LogP contribution in [0.25, 0.3) is 0 Å². The molecule has 3 fully saturated rings. The van der Waals surface area contributed by atoms with Gasteiger partial charge in [-0.3, -0.25) is 4.79 Å². The van der Waals surface area contributed by atoms with E-state index in [0.717, 1.165) is 31.4 Å². The molecule has 4 rings (SSSR count). The molecule has 0 N–H and O–H groups in total. The summed E-state index contributed by atoms with van der Waals surface area (Å²) in [7, 11) is 3.35. The lowest BCUT2D eigenvalue weighted by atomic mass is 9.65. The van der Waals surface area contributed by atoms with Crippen molar-refractivity contribution in [1.82, 2.24) is 4.90 Å². The Balaban J connectivity index is 1.84. The maximum atomic E-state index is 12.5. The van der Waals surface area contributed by atoms with Gasteiger partial charge in [0.2, 0.25) is 5.91 Å². The van der Waals surface area contributed by atoms with Crippen LogP contribution in [0.4, 0.5) is 0 Å². The first-order valence-corrected chi connectivity index (χ1v) is 7.95. The van der Waals surface area contributed by atoms with Gasteiger partial charge in [-0.1, -0.05) is 12.8 Å². The fourth-order valence-electron chi connectivity index (χ4n) is 5.07. The lowest BCUT2D eigenvalue weighted by Crippen LogP contribution is -2.62. The van der Waals surface area contributed by atoms with E-state index in [1.54, 1.807) is 14.2 Å². The van der Waals surface area contributed by atoms with Crippen LogP contribution in [0.5, 0.6) is 0 Å². The third-order valence-electron chi connectivity index (χ3n) is 5.95. The van der Waals surface area contributed by atoms with Gasteiger partial charge in [-0.15, -0.1) is 0 Å². The first-order chi connectivity index (χ1) is 10.2. The van der Waals surface area contributed by atoms with Crippen molar-refractivity contribution < 1.29 is 19.0 Å². The zero-order chi connectivity index (χ0) is 14.7. The summed E-state index contributed by atoms with van der Waals surface area (Å²) in [5.41, 5.74) is 0.961. The second-order valence-electron chi connectivity index (χ2n) is 6.63. The van der Waals surface area contributed by atoms with E-state index in [1.165, 1.54) is 6.42 Å². The van der Waals surface area contributed by atoms with Crippen molar-refractivity contribution in [2.75, 3.05) is 20.8 Å². The molecule has 1 saturated carbocycles. The second-order valence-corrected chi connectivity index (χ2v) is 6.63. The normalized spacial score (nSPS) is 45.1. The Morgan fingerprint density at radius 1 is 1.33 bits per heavy atom. The van der Waals surface area contributed by atoms with E-state index in [2.05, 4.69) is 11.0 Å². The van der Waals surface area contributed by atoms with Gasteiger partial charge in [0.1, 0.15) is 0 Å². The molecule has 1 aliphatic carbocycles. The van der Waals surface area contributed by atoms with Crippen LogP contribution in [0.1, 0.15) is 38.5 Å². The van der Waals surface area contributed by atoms with E-state index in [-0.39, 0.29) is 11.8 Å². The molecule has 21 heavy (non-hydrogen) atoms. The van der Waals surface area contributed by atoms with Gasteiger partial charge in [-0.2, -0.15) is 0 Å². The summed E-state index contributed by atoms with van der Waals surface area (Å²) in [5.74, 6) is 0.00426. The standard InChI is InChI=1S/C16H23NO4/c1-19-14-10-12-15-6-4-3-5-11(15)9-13(18)17(15)8-7-16(12,20-2)21-14/h10-11,14H,3-9H2,1-2H3/t11-,14-,15-,16-/m0/s1. The van der Waals surface area contributed by atoms with Crippen LogP contribution in [-0.4, -0.2) is 49.2 Å². The van der Waals surface area contributed by atoms with Gasteiger partial charge in [0.25, 0.3) is 0 Å². The smallest absolute Gasteiger partial charge is 0.223 e. The number of hydrogen-bond donors (Lipinski definition) is 0. The number of nitrogens with zero attached hydrogens (tertiary/aromatic N) is 1. The Kier molecular flexibility index (Phi) is 2.97. The highest BCUT2D eigenvalue weighted by molar-refractivity contribution is 5.82. The van der Waals surface area contributed by atoms with Gasteiger partial charge >= 0.3 is 0 Å². The van der Waals surface area contributed by atoms with Crippen molar-refractivity contribution in [2.45, 2.75) is 56.1 Å². The van der Waals surface area contributed by atoms with E-state index in [9.17, 15) is 4.79 Å². The van der Waals surface area contributed by atoms with Crippen molar-refractivity contribution in [2.24, 2.45) is 5.92 Å². The summed E-state index contributed by atoms with van der Waals surface area (Å²) in [6.45, 7) is 0.719. The lowest BCUT2D eigenvalue weighted by molar-refractivity contribution is -0.263. The van der Waals surface area contributed by atoms with Gasteiger partial charge in [0.05, 0.1) is 5.54 Å². The van der Waals surface area contributed by atoms with Gasteiger partial charge in [0.15, 0.2) is 12.1 Å². The molecule has 3 heterocycles. The molecule has 3 aliphatic heterocycles. The highest BCUT2D eigenvalue weighted by atomic mass is 16.8. The number of piperidine rings is 1. The van der Waals surface area contributed by atoms with E-state index < -0.39 is 5.79 Å². The van der Waals surface area contributed by atoms with Crippen molar-refractivity contribution in [3.05, 3.63) is 11.6 Å². The summed E-state index contributed by atoms with van der Waals surface area (Å²) in [4.78, 5) is 14.6. The van der Waals surface area contributed by atoms with Crippen molar-refractivity contribution >= 4 is 5.91 Å². The third-order valence-corrected chi connectivity index (χ3v) is 5.95. The molecule has 5 heteroatoms. The zero-order valence-electron chi connectivity index (χ0n) is 12.8. The van der Waals surface area contributed by atoms with Gasteiger partial charge in [0, 0.05) is 39.2 Å². The molecule has 5 nitrogen and oxygen atoms in total. The van der Waals surface area contributed by atoms with Crippen molar-refractivity contribution in [1.29, 1.82) is 0 Å². The SMILES string of the molecule is CO[C@@H]1C=C2[C@](OC)(CCN3C(=O)C[C@@H]4CCCC[C@@]243)O1. The molecular weight excluding hydrogens is 270 g/mol. The third kappa shape index (κ3) is 1.60. The summed E-state index contributed by atoms with van der Waals surface area (Å²) in [5, 5.41) is 0. The molecule has 4 atom stereocenters. The number of fused-ring (bicyclic) bond motifs is 1. The fourth-order valence-corrected chi connectivity index (χ4v) is 5.07. The van der Waals surface area contributed by atoms with E-state index in [1.807, 2.05) is 0 Å². The van der Waals surface area contributed by atoms with Crippen LogP contribution < -0.4 is 0 Å². The number of amides is 1. The minimum atomic E-state index is -0.697. The lowest BCUT2D eigenvalue weighted by Gasteiger charge is -2.54. The van der Waals surface area contributed by atoms with Gasteiger partial charge in [-0.05, 0) is 24.8 Å². The first kappa shape index (κ1) is 13.7. The average molecular weight is 293 g/mol. The van der Waals surface area contributed by atoms with Crippen molar-refractivity contribution in [3.8, 4) is 0 Å². The second kappa shape index (κ2) is 4.54. The Morgan fingerprint density at radius 3 is 2.95 bits per heavy atom. The molecule has 2 saturated heterocycles. The zero-order valence-corrected chi connectivity index (χ0v) is 12.8. The predicted molar refractivity (Wildman–Crippen MR) is 75.3 cm³/mol. The minimum Gasteiger partial charge on any atom is -0.352 e. The highest BCUT2D eigenvalue weighted by Gasteiger charge is 2.65. The van der Waals surface area contributed by atoms with Crippen LogP contribution in [0, 0.1) is 5.92 Å². The molecule has 1 amide bonds. The monoisotopic (exact) mass is 293 g/mol.